The average molecular weight is 228 g/mol. The van der Waals surface area contributed by atoms with E-state index in [1.807, 2.05) is 0 Å². The molecule has 2 atom stereocenters. The molecule has 1 fully saturated rings. The van der Waals surface area contributed by atoms with Crippen LogP contribution in [0.15, 0.2) is 0 Å². The molecule has 1 rings (SSSR count). The van der Waals surface area contributed by atoms with Crippen molar-refractivity contribution < 1.29 is 9.84 Å². The van der Waals surface area contributed by atoms with Gasteiger partial charge in [-0.1, -0.05) is 40.5 Å². The van der Waals surface area contributed by atoms with Gasteiger partial charge in [-0.05, 0) is 30.6 Å². The van der Waals surface area contributed by atoms with Gasteiger partial charge in [-0.3, -0.25) is 0 Å². The fourth-order valence-electron chi connectivity index (χ4n) is 3.03. The van der Waals surface area contributed by atoms with Crippen LogP contribution in [-0.4, -0.2) is 23.9 Å². The number of hydrogen-bond donors (Lipinski definition) is 1. The quantitative estimate of drug-likeness (QED) is 0.747. The van der Waals surface area contributed by atoms with Crippen molar-refractivity contribution in [3.05, 3.63) is 0 Å². The largest absolute Gasteiger partial charge is 0.387 e. The van der Waals surface area contributed by atoms with Crippen molar-refractivity contribution in [1.29, 1.82) is 0 Å². The number of rotatable bonds is 4. The van der Waals surface area contributed by atoms with Crippen LogP contribution in [0.25, 0.3) is 0 Å². The molecule has 0 aromatic rings. The van der Waals surface area contributed by atoms with Crippen LogP contribution in [0.5, 0.6) is 0 Å². The van der Waals surface area contributed by atoms with Crippen molar-refractivity contribution in [3.63, 3.8) is 0 Å². The number of hydrogen-bond acceptors (Lipinski definition) is 2. The second-order valence-corrected chi connectivity index (χ2v) is 6.32. The molecule has 0 aromatic heterocycles. The van der Waals surface area contributed by atoms with E-state index < -0.39 is 5.60 Å². The van der Waals surface area contributed by atoms with Gasteiger partial charge in [-0.2, -0.15) is 0 Å². The van der Waals surface area contributed by atoms with Gasteiger partial charge in [0, 0.05) is 6.61 Å². The fraction of sp³-hybridized carbons (Fsp3) is 1.00. The number of ether oxygens (including phenoxy) is 1. The average Bonchev–Trinajstić information content (AvgIpc) is 2.16. The van der Waals surface area contributed by atoms with Crippen LogP contribution in [0.3, 0.4) is 0 Å². The molecule has 2 nitrogen and oxygen atoms in total. The van der Waals surface area contributed by atoms with Crippen LogP contribution in [-0.2, 0) is 4.74 Å². The zero-order chi connectivity index (χ0) is 12.2. The first-order valence-corrected chi connectivity index (χ1v) is 6.70. The standard InChI is InChI=1S/C14H28O2/c1-5-10-16-11-14(15)9-7-6-8-12(14)13(2,3)4/h12,15H,5-11H2,1-4H3. The molecule has 96 valence electrons. The highest BCUT2D eigenvalue weighted by molar-refractivity contribution is 4.95. The topological polar surface area (TPSA) is 29.5 Å². The molecule has 0 saturated heterocycles. The highest BCUT2D eigenvalue weighted by atomic mass is 16.5. The third-order valence-corrected chi connectivity index (χ3v) is 3.75. The van der Waals surface area contributed by atoms with E-state index in [9.17, 15) is 5.11 Å². The molecule has 0 radical (unpaired) electrons. The highest BCUT2D eigenvalue weighted by Crippen LogP contribution is 2.44. The third-order valence-electron chi connectivity index (χ3n) is 3.75. The molecule has 16 heavy (non-hydrogen) atoms. The Labute approximate surface area is 100 Å². The Balaban J connectivity index is 2.64. The predicted molar refractivity (Wildman–Crippen MR) is 67.5 cm³/mol. The Morgan fingerprint density at radius 3 is 2.56 bits per heavy atom. The summed E-state index contributed by atoms with van der Waals surface area (Å²) in [6, 6.07) is 0. The van der Waals surface area contributed by atoms with E-state index in [1.165, 1.54) is 6.42 Å². The number of aliphatic hydroxyl groups is 1. The van der Waals surface area contributed by atoms with Gasteiger partial charge >= 0.3 is 0 Å². The van der Waals surface area contributed by atoms with Crippen molar-refractivity contribution in [2.75, 3.05) is 13.2 Å². The summed E-state index contributed by atoms with van der Waals surface area (Å²) in [5, 5.41) is 10.8. The summed E-state index contributed by atoms with van der Waals surface area (Å²) in [5.74, 6) is 0.366. The molecule has 2 unspecified atom stereocenters. The molecular formula is C14H28O2. The van der Waals surface area contributed by atoms with Crippen LogP contribution >= 0.6 is 0 Å². The highest BCUT2D eigenvalue weighted by Gasteiger charge is 2.44. The van der Waals surface area contributed by atoms with Crippen molar-refractivity contribution in [2.45, 2.75) is 65.4 Å². The van der Waals surface area contributed by atoms with Crippen molar-refractivity contribution in [1.82, 2.24) is 0 Å². The van der Waals surface area contributed by atoms with E-state index >= 15 is 0 Å². The second-order valence-electron chi connectivity index (χ2n) is 6.32. The predicted octanol–water partition coefficient (Wildman–Crippen LogP) is 3.38. The lowest BCUT2D eigenvalue weighted by Gasteiger charge is -2.46. The summed E-state index contributed by atoms with van der Waals surface area (Å²) in [7, 11) is 0. The maximum atomic E-state index is 10.8. The van der Waals surface area contributed by atoms with Gasteiger partial charge in [0.1, 0.15) is 0 Å². The molecule has 0 aromatic carbocycles. The van der Waals surface area contributed by atoms with Crippen molar-refractivity contribution in [3.8, 4) is 0 Å². The molecule has 1 saturated carbocycles. The fourth-order valence-corrected chi connectivity index (χ4v) is 3.03. The summed E-state index contributed by atoms with van der Waals surface area (Å²) in [4.78, 5) is 0. The molecule has 1 aliphatic carbocycles. The first-order chi connectivity index (χ1) is 7.40. The van der Waals surface area contributed by atoms with Gasteiger partial charge in [0.25, 0.3) is 0 Å². The lowest BCUT2D eigenvalue weighted by atomic mass is 9.64. The summed E-state index contributed by atoms with van der Waals surface area (Å²) in [5.41, 5.74) is -0.420. The first kappa shape index (κ1) is 14.0. The van der Waals surface area contributed by atoms with Crippen LogP contribution in [0.1, 0.15) is 59.8 Å². The second kappa shape index (κ2) is 5.50. The van der Waals surface area contributed by atoms with E-state index in [2.05, 4.69) is 27.7 Å². The Hall–Kier alpha value is -0.0800. The molecular weight excluding hydrogens is 200 g/mol. The first-order valence-electron chi connectivity index (χ1n) is 6.70. The maximum absolute atomic E-state index is 10.8. The molecule has 1 N–H and O–H groups in total. The van der Waals surface area contributed by atoms with Gasteiger partial charge in [0.05, 0.1) is 12.2 Å². The third kappa shape index (κ3) is 3.46. The SMILES string of the molecule is CCCOCC1(O)CCCCC1C(C)(C)C. The van der Waals surface area contributed by atoms with Gasteiger partial charge in [0.15, 0.2) is 0 Å². The summed E-state index contributed by atoms with van der Waals surface area (Å²) in [6.07, 6.45) is 5.45. The lowest BCUT2D eigenvalue weighted by molar-refractivity contribution is -0.133. The van der Waals surface area contributed by atoms with Gasteiger partial charge in [-0.15, -0.1) is 0 Å². The Morgan fingerprint density at radius 2 is 2.00 bits per heavy atom. The maximum Gasteiger partial charge on any atom is 0.0913 e. The minimum absolute atomic E-state index is 0.171. The van der Waals surface area contributed by atoms with Crippen LogP contribution in [0, 0.1) is 11.3 Å². The minimum atomic E-state index is -0.592. The minimum Gasteiger partial charge on any atom is -0.387 e. The summed E-state index contributed by atoms with van der Waals surface area (Å²) >= 11 is 0. The zero-order valence-corrected chi connectivity index (χ0v) is 11.4. The Bertz CT molecular complexity index is 207. The normalized spacial score (nSPS) is 31.7. The molecule has 1 aliphatic rings. The van der Waals surface area contributed by atoms with Crippen molar-refractivity contribution >= 4 is 0 Å². The van der Waals surface area contributed by atoms with Crippen LogP contribution < -0.4 is 0 Å². The Kier molecular flexibility index (Phi) is 4.81. The van der Waals surface area contributed by atoms with Crippen molar-refractivity contribution in [2.24, 2.45) is 11.3 Å². The molecule has 0 spiro atoms. The molecule has 0 heterocycles. The van der Waals surface area contributed by atoms with E-state index in [4.69, 9.17) is 4.74 Å². The monoisotopic (exact) mass is 228 g/mol. The molecule has 0 bridgehead atoms. The molecule has 0 amide bonds. The zero-order valence-electron chi connectivity index (χ0n) is 11.4. The smallest absolute Gasteiger partial charge is 0.0913 e. The van der Waals surface area contributed by atoms with E-state index in [1.54, 1.807) is 0 Å². The lowest BCUT2D eigenvalue weighted by Crippen LogP contribution is -2.50. The molecule has 2 heteroatoms. The van der Waals surface area contributed by atoms with E-state index in [0.717, 1.165) is 32.3 Å². The molecule has 0 aliphatic heterocycles. The Morgan fingerprint density at radius 1 is 1.31 bits per heavy atom. The van der Waals surface area contributed by atoms with E-state index in [-0.39, 0.29) is 5.41 Å². The summed E-state index contributed by atoms with van der Waals surface area (Å²) < 4.78 is 5.60. The van der Waals surface area contributed by atoms with Crippen LogP contribution in [0.2, 0.25) is 0 Å². The van der Waals surface area contributed by atoms with Crippen LogP contribution in [0.4, 0.5) is 0 Å². The summed E-state index contributed by atoms with van der Waals surface area (Å²) in [6.45, 7) is 10.1. The van der Waals surface area contributed by atoms with E-state index in [0.29, 0.717) is 12.5 Å². The van der Waals surface area contributed by atoms with Gasteiger partial charge in [0.2, 0.25) is 0 Å². The van der Waals surface area contributed by atoms with Gasteiger partial charge in [-0.25, -0.2) is 0 Å². The van der Waals surface area contributed by atoms with Gasteiger partial charge < -0.3 is 9.84 Å².